The summed E-state index contributed by atoms with van der Waals surface area (Å²) in [5, 5.41) is 3.76. The minimum absolute atomic E-state index is 0.0314. The van der Waals surface area contributed by atoms with Crippen LogP contribution in [0.25, 0.3) is 0 Å². The minimum atomic E-state index is 0.0314. The third-order valence-corrected chi connectivity index (χ3v) is 4.01. The van der Waals surface area contributed by atoms with E-state index in [0.717, 1.165) is 17.6 Å². The van der Waals surface area contributed by atoms with Gasteiger partial charge in [-0.3, -0.25) is 4.79 Å². The summed E-state index contributed by atoms with van der Waals surface area (Å²) in [6, 6.07) is 5.54. The Hall–Kier alpha value is -0.580. The van der Waals surface area contributed by atoms with Gasteiger partial charge in [0.2, 0.25) is 0 Å². The molecule has 1 N–H and O–H groups in total. The van der Waals surface area contributed by atoms with Crippen LogP contribution < -0.4 is 5.32 Å². The van der Waals surface area contributed by atoms with Gasteiger partial charge in [0.15, 0.2) is 0 Å². The summed E-state index contributed by atoms with van der Waals surface area (Å²) >= 11 is 9.20. The van der Waals surface area contributed by atoms with Gasteiger partial charge in [0.05, 0.1) is 11.1 Å². The summed E-state index contributed by atoms with van der Waals surface area (Å²) < 4.78 is 0.750. The van der Waals surface area contributed by atoms with Gasteiger partial charge in [0.25, 0.3) is 5.91 Å². The average molecular weight is 304 g/mol. The van der Waals surface area contributed by atoms with Gasteiger partial charge in [0, 0.05) is 30.2 Å². The van der Waals surface area contributed by atoms with Crippen LogP contribution in [0.15, 0.2) is 22.7 Å². The number of hydrogen-bond donors (Lipinski definition) is 1. The van der Waals surface area contributed by atoms with Gasteiger partial charge in [-0.2, -0.15) is 0 Å². The first-order chi connectivity index (χ1) is 7.59. The van der Waals surface area contributed by atoms with Crippen LogP contribution in [0, 0.1) is 0 Å². The molecule has 0 atom stereocenters. The Morgan fingerprint density at radius 1 is 1.56 bits per heavy atom. The van der Waals surface area contributed by atoms with Crippen LogP contribution >= 0.6 is 27.5 Å². The number of carbonyl (C=O) groups is 1. The molecule has 0 aliphatic carbocycles. The number of benzene rings is 1. The molecule has 5 heteroatoms. The van der Waals surface area contributed by atoms with Crippen molar-refractivity contribution in [3.8, 4) is 0 Å². The van der Waals surface area contributed by atoms with Crippen LogP contribution in [0.3, 0.4) is 0 Å². The van der Waals surface area contributed by atoms with Crippen LogP contribution in [0.5, 0.6) is 0 Å². The summed E-state index contributed by atoms with van der Waals surface area (Å²) in [6.07, 6.45) is 0. The molecule has 0 radical (unpaired) electrons. The number of carbonyl (C=O) groups excluding carboxylic acids is 1. The van der Waals surface area contributed by atoms with Gasteiger partial charge >= 0.3 is 0 Å². The lowest BCUT2D eigenvalue weighted by atomic mass is 10.1. The van der Waals surface area contributed by atoms with Crippen LogP contribution in [-0.4, -0.2) is 37.0 Å². The fraction of sp³-hybridized carbons (Fsp3) is 0.364. The third-order valence-electron chi connectivity index (χ3n) is 2.79. The van der Waals surface area contributed by atoms with Crippen molar-refractivity contribution >= 4 is 33.4 Å². The molecule has 0 aromatic heterocycles. The molecule has 16 heavy (non-hydrogen) atoms. The van der Waals surface area contributed by atoms with Crippen LogP contribution in [-0.2, 0) is 0 Å². The molecule has 1 amide bonds. The standard InChI is InChI=1S/C11H12BrClN2O/c1-15(8-5-14-6-8)11(16)7-2-3-10(13)9(12)4-7/h2-4,8,14H,5-6H2,1H3. The van der Waals surface area contributed by atoms with Crippen molar-refractivity contribution in [2.75, 3.05) is 20.1 Å². The van der Waals surface area contributed by atoms with E-state index >= 15 is 0 Å². The van der Waals surface area contributed by atoms with Crippen LogP contribution in [0.2, 0.25) is 5.02 Å². The highest BCUT2D eigenvalue weighted by Crippen LogP contribution is 2.24. The van der Waals surface area contributed by atoms with Crippen LogP contribution in [0.4, 0.5) is 0 Å². The van der Waals surface area contributed by atoms with Crippen molar-refractivity contribution in [2.45, 2.75) is 6.04 Å². The predicted octanol–water partition coefficient (Wildman–Crippen LogP) is 2.15. The van der Waals surface area contributed by atoms with E-state index in [1.54, 1.807) is 23.1 Å². The van der Waals surface area contributed by atoms with Gasteiger partial charge in [-0.15, -0.1) is 0 Å². The van der Waals surface area contributed by atoms with Crippen molar-refractivity contribution in [1.29, 1.82) is 0 Å². The molecule has 2 rings (SSSR count). The maximum absolute atomic E-state index is 12.1. The predicted molar refractivity (Wildman–Crippen MR) is 67.9 cm³/mol. The zero-order chi connectivity index (χ0) is 11.7. The summed E-state index contributed by atoms with van der Waals surface area (Å²) in [7, 11) is 1.83. The molecule has 1 heterocycles. The lowest BCUT2D eigenvalue weighted by Gasteiger charge is -2.35. The Balaban J connectivity index is 2.16. The quantitative estimate of drug-likeness (QED) is 0.908. The molecule has 0 saturated carbocycles. The Labute approximate surface area is 108 Å². The monoisotopic (exact) mass is 302 g/mol. The zero-order valence-electron chi connectivity index (χ0n) is 8.84. The zero-order valence-corrected chi connectivity index (χ0v) is 11.2. The van der Waals surface area contributed by atoms with E-state index in [1.165, 1.54) is 0 Å². The van der Waals surface area contributed by atoms with Crippen LogP contribution in [0.1, 0.15) is 10.4 Å². The lowest BCUT2D eigenvalue weighted by molar-refractivity contribution is 0.0681. The first-order valence-corrected chi connectivity index (χ1v) is 6.19. The van der Waals surface area contributed by atoms with E-state index in [1.807, 2.05) is 7.05 Å². The first-order valence-electron chi connectivity index (χ1n) is 5.02. The molecule has 0 bridgehead atoms. The van der Waals surface area contributed by atoms with E-state index in [9.17, 15) is 4.79 Å². The number of hydrogen-bond acceptors (Lipinski definition) is 2. The molecule has 1 aliphatic heterocycles. The number of amides is 1. The van der Waals surface area contributed by atoms with Crippen molar-refractivity contribution in [3.05, 3.63) is 33.3 Å². The summed E-state index contributed by atoms with van der Waals surface area (Å²) in [6.45, 7) is 1.74. The highest BCUT2D eigenvalue weighted by Gasteiger charge is 2.26. The van der Waals surface area contributed by atoms with Gasteiger partial charge in [-0.25, -0.2) is 0 Å². The van der Waals surface area contributed by atoms with Gasteiger partial charge < -0.3 is 10.2 Å². The maximum Gasteiger partial charge on any atom is 0.253 e. The number of likely N-dealkylation sites (N-methyl/N-ethyl adjacent to an activating group) is 1. The normalized spacial score (nSPS) is 15.7. The molecule has 1 aromatic rings. The number of halogens is 2. The second-order valence-corrected chi connectivity index (χ2v) is 5.12. The summed E-state index contributed by atoms with van der Waals surface area (Å²) in [5.74, 6) is 0.0314. The smallest absolute Gasteiger partial charge is 0.253 e. The Bertz CT molecular complexity index is 420. The SMILES string of the molecule is CN(C(=O)c1ccc(Cl)c(Br)c1)C1CNC1. The van der Waals surface area contributed by atoms with E-state index < -0.39 is 0 Å². The Morgan fingerprint density at radius 3 is 2.75 bits per heavy atom. The van der Waals surface area contributed by atoms with Gasteiger partial charge in [-0.1, -0.05) is 11.6 Å². The van der Waals surface area contributed by atoms with E-state index in [0.29, 0.717) is 16.6 Å². The molecule has 1 saturated heterocycles. The molecule has 0 spiro atoms. The number of rotatable bonds is 2. The molecule has 86 valence electrons. The van der Waals surface area contributed by atoms with Crippen molar-refractivity contribution in [3.63, 3.8) is 0 Å². The fourth-order valence-electron chi connectivity index (χ4n) is 1.55. The van der Waals surface area contributed by atoms with E-state index in [4.69, 9.17) is 11.6 Å². The number of nitrogens with one attached hydrogen (secondary N) is 1. The van der Waals surface area contributed by atoms with Gasteiger partial charge in [-0.05, 0) is 34.1 Å². The highest BCUT2D eigenvalue weighted by atomic mass is 79.9. The molecule has 1 fully saturated rings. The average Bonchev–Trinajstić information content (AvgIpc) is 2.18. The van der Waals surface area contributed by atoms with Crippen molar-refractivity contribution < 1.29 is 4.79 Å². The molecular formula is C11H12BrClN2O. The molecule has 0 unspecified atom stereocenters. The Kier molecular flexibility index (Phi) is 3.52. The molecule has 3 nitrogen and oxygen atoms in total. The van der Waals surface area contributed by atoms with E-state index in [-0.39, 0.29) is 5.91 Å². The minimum Gasteiger partial charge on any atom is -0.336 e. The molecular weight excluding hydrogens is 291 g/mol. The summed E-state index contributed by atoms with van der Waals surface area (Å²) in [4.78, 5) is 13.8. The van der Waals surface area contributed by atoms with Gasteiger partial charge in [0.1, 0.15) is 0 Å². The maximum atomic E-state index is 12.1. The third kappa shape index (κ3) is 2.24. The topological polar surface area (TPSA) is 32.3 Å². The molecule has 1 aromatic carbocycles. The van der Waals surface area contributed by atoms with Crippen molar-refractivity contribution in [2.24, 2.45) is 0 Å². The van der Waals surface area contributed by atoms with E-state index in [2.05, 4.69) is 21.2 Å². The Morgan fingerprint density at radius 2 is 2.25 bits per heavy atom. The largest absolute Gasteiger partial charge is 0.336 e. The second kappa shape index (κ2) is 4.73. The fourth-order valence-corrected chi connectivity index (χ4v) is 2.04. The summed E-state index contributed by atoms with van der Waals surface area (Å²) in [5.41, 5.74) is 0.658. The molecule has 1 aliphatic rings. The first kappa shape index (κ1) is 11.9. The van der Waals surface area contributed by atoms with Crippen molar-refractivity contribution in [1.82, 2.24) is 10.2 Å². The lowest BCUT2D eigenvalue weighted by Crippen LogP contribution is -2.57. The highest BCUT2D eigenvalue weighted by molar-refractivity contribution is 9.10. The second-order valence-electron chi connectivity index (χ2n) is 3.86. The number of nitrogens with zero attached hydrogens (tertiary/aromatic N) is 1.